The molecule has 0 N–H and O–H groups in total. The number of hydrogen-bond donors (Lipinski definition) is 0. The van der Waals surface area contributed by atoms with Crippen molar-refractivity contribution in [2.45, 2.75) is 45.9 Å². The molecule has 0 aliphatic carbocycles. The van der Waals surface area contributed by atoms with E-state index in [0.29, 0.717) is 16.7 Å². The van der Waals surface area contributed by atoms with Gasteiger partial charge in [0, 0.05) is 26.4 Å². The number of ether oxygens (including phenoxy) is 2. The average molecular weight is 481 g/mol. The van der Waals surface area contributed by atoms with Crippen LogP contribution in [0, 0.1) is 5.82 Å². The Morgan fingerprint density at radius 1 is 1.18 bits per heavy atom. The quantitative estimate of drug-likeness (QED) is 0.220. The van der Waals surface area contributed by atoms with Crippen molar-refractivity contribution in [1.29, 1.82) is 0 Å². The molecule has 0 radical (unpaired) electrons. The highest BCUT2D eigenvalue weighted by atomic mass is 28.3. The van der Waals surface area contributed by atoms with Gasteiger partial charge in [0.2, 0.25) is 0 Å². The zero-order chi connectivity index (χ0) is 24.2. The molecular formula is C22H27F3N4O3Si. The summed E-state index contributed by atoms with van der Waals surface area (Å²) in [6.07, 6.45) is 2.41. The van der Waals surface area contributed by atoms with Gasteiger partial charge in [-0.05, 0) is 37.2 Å². The molecule has 0 aliphatic rings. The van der Waals surface area contributed by atoms with E-state index >= 15 is 0 Å². The molecule has 0 amide bonds. The molecule has 0 saturated carbocycles. The normalized spacial score (nSPS) is 11.9. The van der Waals surface area contributed by atoms with Crippen LogP contribution >= 0.6 is 0 Å². The van der Waals surface area contributed by atoms with Gasteiger partial charge in [0.15, 0.2) is 11.5 Å². The number of carbonyl (C=O) groups excluding carboxylic acids is 1. The topological polar surface area (TPSA) is 71.2 Å². The molecule has 0 saturated heterocycles. The molecule has 3 aromatic rings. The van der Waals surface area contributed by atoms with Gasteiger partial charge in [-0.2, -0.15) is 8.78 Å². The molecule has 3 rings (SSSR count). The van der Waals surface area contributed by atoms with Crippen molar-refractivity contribution in [3.63, 3.8) is 0 Å². The Bertz CT molecular complexity index is 1090. The van der Waals surface area contributed by atoms with Crippen LogP contribution in [0.4, 0.5) is 13.2 Å². The fourth-order valence-electron chi connectivity index (χ4n) is 3.10. The minimum Gasteiger partial charge on any atom is -0.461 e. The van der Waals surface area contributed by atoms with E-state index in [1.165, 1.54) is 35.0 Å². The molecule has 0 spiro atoms. The molecule has 178 valence electrons. The van der Waals surface area contributed by atoms with Crippen LogP contribution in [-0.4, -0.2) is 46.4 Å². The predicted molar refractivity (Wildman–Crippen MR) is 120 cm³/mol. The second-order valence-electron chi connectivity index (χ2n) is 8.62. The van der Waals surface area contributed by atoms with Crippen LogP contribution in [0.25, 0.3) is 22.8 Å². The van der Waals surface area contributed by atoms with E-state index in [4.69, 9.17) is 9.47 Å². The Morgan fingerprint density at radius 2 is 1.88 bits per heavy atom. The lowest BCUT2D eigenvalue weighted by Gasteiger charge is -2.16. The monoisotopic (exact) mass is 480 g/mol. The number of imidazole rings is 2. The number of benzene rings is 1. The van der Waals surface area contributed by atoms with Gasteiger partial charge < -0.3 is 14.0 Å². The Morgan fingerprint density at radius 3 is 2.48 bits per heavy atom. The lowest BCUT2D eigenvalue weighted by atomic mass is 10.1. The molecule has 11 heteroatoms. The molecule has 1 aromatic carbocycles. The minimum absolute atomic E-state index is 0.00347. The third-order valence-electron chi connectivity index (χ3n) is 4.82. The number of hydrogen-bond acceptors (Lipinski definition) is 5. The van der Waals surface area contributed by atoms with Crippen molar-refractivity contribution in [2.24, 2.45) is 0 Å². The summed E-state index contributed by atoms with van der Waals surface area (Å²) in [5.74, 6) is -1.07. The van der Waals surface area contributed by atoms with E-state index in [9.17, 15) is 18.0 Å². The highest BCUT2D eigenvalue weighted by Gasteiger charge is 2.26. The number of halogens is 3. The second kappa shape index (κ2) is 10.3. The van der Waals surface area contributed by atoms with Crippen LogP contribution in [0.15, 0.2) is 36.8 Å². The lowest BCUT2D eigenvalue weighted by molar-refractivity contribution is 0.0519. The largest absolute Gasteiger partial charge is 0.461 e. The Balaban J connectivity index is 2.06. The molecular weight excluding hydrogens is 453 g/mol. The first-order chi connectivity index (χ1) is 15.6. The average Bonchev–Trinajstić information content (AvgIpc) is 3.35. The minimum atomic E-state index is -2.91. The Kier molecular flexibility index (Phi) is 7.75. The lowest BCUT2D eigenvalue weighted by Crippen LogP contribution is -2.22. The highest BCUT2D eigenvalue weighted by Crippen LogP contribution is 2.34. The molecule has 2 heterocycles. The maximum atomic E-state index is 13.9. The molecule has 2 aromatic heterocycles. The summed E-state index contributed by atoms with van der Waals surface area (Å²) in [6.45, 7) is 6.03. The van der Waals surface area contributed by atoms with Gasteiger partial charge in [0.1, 0.15) is 24.6 Å². The van der Waals surface area contributed by atoms with Crippen LogP contribution in [0.2, 0.25) is 25.7 Å². The van der Waals surface area contributed by atoms with E-state index in [1.54, 1.807) is 6.92 Å². The standard InChI is InChI=1S/C22H27F3N4O3Si/c1-5-32-21(30)17-12-28(14-31-10-11-33(2,3)4)20(27-17)19-18(26-13-29(19)22(24)25)15-6-8-16(23)9-7-15/h6-9,12-13,22H,5,10-11,14H2,1-4H3. The predicted octanol–water partition coefficient (Wildman–Crippen LogP) is 5.44. The molecule has 0 atom stereocenters. The summed E-state index contributed by atoms with van der Waals surface area (Å²) < 4.78 is 54.1. The van der Waals surface area contributed by atoms with Gasteiger partial charge in [-0.15, -0.1) is 0 Å². The first kappa shape index (κ1) is 24.7. The first-order valence-corrected chi connectivity index (χ1v) is 14.2. The summed E-state index contributed by atoms with van der Waals surface area (Å²) in [5.41, 5.74) is 0.561. The van der Waals surface area contributed by atoms with Crippen LogP contribution < -0.4 is 0 Å². The highest BCUT2D eigenvalue weighted by molar-refractivity contribution is 6.76. The number of alkyl halides is 2. The number of rotatable bonds is 10. The molecule has 0 bridgehead atoms. The second-order valence-corrected chi connectivity index (χ2v) is 14.2. The van der Waals surface area contributed by atoms with Gasteiger partial charge in [-0.1, -0.05) is 19.6 Å². The van der Waals surface area contributed by atoms with E-state index in [0.717, 1.165) is 12.4 Å². The molecule has 33 heavy (non-hydrogen) atoms. The number of carbonyl (C=O) groups is 1. The van der Waals surface area contributed by atoms with Crippen molar-refractivity contribution in [2.75, 3.05) is 13.2 Å². The van der Waals surface area contributed by atoms with E-state index in [-0.39, 0.29) is 36.2 Å². The van der Waals surface area contributed by atoms with Crippen LogP contribution in [0.5, 0.6) is 0 Å². The van der Waals surface area contributed by atoms with Gasteiger partial charge in [0.05, 0.1) is 12.3 Å². The van der Waals surface area contributed by atoms with E-state index in [2.05, 4.69) is 29.6 Å². The van der Waals surface area contributed by atoms with Crippen LogP contribution in [-0.2, 0) is 16.2 Å². The van der Waals surface area contributed by atoms with Gasteiger partial charge >= 0.3 is 12.5 Å². The van der Waals surface area contributed by atoms with Crippen molar-refractivity contribution < 1.29 is 27.4 Å². The fourth-order valence-corrected chi connectivity index (χ4v) is 3.85. The van der Waals surface area contributed by atoms with Gasteiger partial charge in [-0.25, -0.2) is 19.2 Å². The SMILES string of the molecule is CCOC(=O)c1cn(COCC[Si](C)(C)C)c(-c2c(-c3ccc(F)cc3)ncn2C(F)F)n1. The van der Waals surface area contributed by atoms with Crippen LogP contribution in [0.1, 0.15) is 24.0 Å². The van der Waals surface area contributed by atoms with Crippen LogP contribution in [0.3, 0.4) is 0 Å². The summed E-state index contributed by atoms with van der Waals surface area (Å²) >= 11 is 0. The third-order valence-corrected chi connectivity index (χ3v) is 6.53. The van der Waals surface area contributed by atoms with Crippen molar-refractivity contribution in [3.8, 4) is 22.8 Å². The zero-order valence-electron chi connectivity index (χ0n) is 19.0. The van der Waals surface area contributed by atoms with Crippen molar-refractivity contribution in [3.05, 3.63) is 48.3 Å². The van der Waals surface area contributed by atoms with Gasteiger partial charge in [-0.3, -0.25) is 4.57 Å². The summed E-state index contributed by atoms with van der Waals surface area (Å²) in [6, 6.07) is 6.24. The Labute approximate surface area is 191 Å². The summed E-state index contributed by atoms with van der Waals surface area (Å²) in [4.78, 5) is 20.7. The van der Waals surface area contributed by atoms with Gasteiger partial charge in [0.25, 0.3) is 0 Å². The number of nitrogens with zero attached hydrogens (tertiary/aromatic N) is 4. The number of aromatic nitrogens is 4. The molecule has 7 nitrogen and oxygen atoms in total. The Hall–Kier alpha value is -2.92. The van der Waals surface area contributed by atoms with Crippen molar-refractivity contribution >= 4 is 14.0 Å². The summed E-state index contributed by atoms with van der Waals surface area (Å²) in [5, 5.41) is 0. The number of esters is 1. The van der Waals surface area contributed by atoms with E-state index < -0.39 is 26.4 Å². The molecule has 0 fully saturated rings. The van der Waals surface area contributed by atoms with Crippen molar-refractivity contribution in [1.82, 2.24) is 19.1 Å². The van der Waals surface area contributed by atoms with E-state index in [1.807, 2.05) is 0 Å². The summed E-state index contributed by atoms with van der Waals surface area (Å²) in [7, 11) is -1.34. The zero-order valence-corrected chi connectivity index (χ0v) is 20.0. The molecule has 0 unspecified atom stereocenters. The molecule has 0 aliphatic heterocycles. The third kappa shape index (κ3) is 6.11. The maximum absolute atomic E-state index is 13.9. The smallest absolute Gasteiger partial charge is 0.358 e. The first-order valence-electron chi connectivity index (χ1n) is 10.5. The fraction of sp³-hybridized carbons (Fsp3) is 0.409. The maximum Gasteiger partial charge on any atom is 0.358 e.